The lowest BCUT2D eigenvalue weighted by Crippen LogP contribution is -2.46. The Hall–Kier alpha value is -1.11. The molecule has 0 radical (unpaired) electrons. The molecule has 122 valence electrons. The number of hydrogen-bond acceptors (Lipinski definition) is 4. The molecule has 1 fully saturated rings. The number of sulfone groups is 1. The molecule has 0 aliphatic carbocycles. The highest BCUT2D eigenvalue weighted by Crippen LogP contribution is 2.23. The summed E-state index contributed by atoms with van der Waals surface area (Å²) in [5.74, 6) is -2.58. The molecule has 0 saturated carbocycles. The molecule has 0 aromatic carbocycles. The summed E-state index contributed by atoms with van der Waals surface area (Å²) < 4.78 is 23.2. The van der Waals surface area contributed by atoms with Gasteiger partial charge in [-0.2, -0.15) is 0 Å². The first-order chi connectivity index (χ1) is 9.69. The van der Waals surface area contributed by atoms with E-state index in [0.717, 1.165) is 12.8 Å². The van der Waals surface area contributed by atoms with Gasteiger partial charge in [-0.15, -0.1) is 0 Å². The van der Waals surface area contributed by atoms with Gasteiger partial charge in [-0.1, -0.05) is 27.2 Å². The second-order valence-electron chi connectivity index (χ2n) is 5.86. The maximum atomic E-state index is 12.6. The zero-order valence-corrected chi connectivity index (χ0v) is 13.7. The molecule has 0 aromatic rings. The third-order valence-electron chi connectivity index (χ3n) is 4.21. The van der Waals surface area contributed by atoms with Crippen molar-refractivity contribution >= 4 is 21.7 Å². The highest BCUT2D eigenvalue weighted by molar-refractivity contribution is 7.91. The van der Waals surface area contributed by atoms with Gasteiger partial charge in [-0.25, -0.2) is 8.42 Å². The van der Waals surface area contributed by atoms with Gasteiger partial charge < -0.3 is 10.0 Å². The van der Waals surface area contributed by atoms with E-state index in [1.807, 2.05) is 6.92 Å². The van der Waals surface area contributed by atoms with Crippen LogP contribution < -0.4 is 0 Å². The van der Waals surface area contributed by atoms with Gasteiger partial charge in [-0.05, 0) is 12.8 Å². The summed E-state index contributed by atoms with van der Waals surface area (Å²) in [7, 11) is -3.07. The van der Waals surface area contributed by atoms with Crippen LogP contribution in [-0.4, -0.2) is 54.4 Å². The number of hydrogen-bond donors (Lipinski definition) is 1. The fourth-order valence-corrected chi connectivity index (χ4v) is 4.24. The highest BCUT2D eigenvalue weighted by Gasteiger charge is 2.37. The second kappa shape index (κ2) is 7.24. The Kier molecular flexibility index (Phi) is 6.19. The lowest BCUT2D eigenvalue weighted by Gasteiger charge is -2.31. The van der Waals surface area contributed by atoms with E-state index in [2.05, 4.69) is 0 Å². The topological polar surface area (TPSA) is 91.8 Å². The van der Waals surface area contributed by atoms with Gasteiger partial charge in [0, 0.05) is 18.5 Å². The molecule has 21 heavy (non-hydrogen) atoms. The van der Waals surface area contributed by atoms with E-state index in [0.29, 0.717) is 13.0 Å². The van der Waals surface area contributed by atoms with Crippen LogP contribution in [-0.2, 0) is 19.4 Å². The number of nitrogens with zero attached hydrogens (tertiary/aromatic N) is 1. The molecule has 1 saturated heterocycles. The van der Waals surface area contributed by atoms with E-state index in [4.69, 9.17) is 5.11 Å². The quantitative estimate of drug-likeness (QED) is 0.760. The summed E-state index contributed by atoms with van der Waals surface area (Å²) >= 11 is 0. The number of carboxylic acid groups (broad SMARTS) is 1. The number of amides is 1. The fraction of sp³-hybridized carbons (Fsp3) is 0.857. The SMILES string of the molecule is CCCCN(C(=O)C(C)C(C)C(=O)O)C1CCS(=O)(=O)C1. The molecule has 3 atom stereocenters. The Labute approximate surface area is 126 Å². The van der Waals surface area contributed by atoms with Gasteiger partial charge in [0.1, 0.15) is 0 Å². The third-order valence-corrected chi connectivity index (χ3v) is 5.96. The van der Waals surface area contributed by atoms with Crippen molar-refractivity contribution in [2.24, 2.45) is 11.8 Å². The molecule has 1 amide bonds. The number of carbonyl (C=O) groups excluding carboxylic acids is 1. The standard InChI is InChI=1S/C14H25NO5S/c1-4-5-7-15(12-6-8-21(19,20)9-12)13(16)10(2)11(3)14(17)18/h10-12H,4-9H2,1-3H3,(H,17,18). The number of carbonyl (C=O) groups is 2. The van der Waals surface area contributed by atoms with Crippen molar-refractivity contribution in [2.45, 2.75) is 46.1 Å². The Morgan fingerprint density at radius 1 is 1.29 bits per heavy atom. The number of rotatable bonds is 7. The summed E-state index contributed by atoms with van der Waals surface area (Å²) in [6, 6.07) is -0.308. The predicted molar refractivity (Wildman–Crippen MR) is 79.6 cm³/mol. The van der Waals surface area contributed by atoms with Crippen molar-refractivity contribution in [3.8, 4) is 0 Å². The second-order valence-corrected chi connectivity index (χ2v) is 8.09. The van der Waals surface area contributed by atoms with Crippen LogP contribution in [0.4, 0.5) is 0 Å². The van der Waals surface area contributed by atoms with Gasteiger partial charge in [0.05, 0.1) is 17.4 Å². The zero-order valence-electron chi connectivity index (χ0n) is 12.9. The Morgan fingerprint density at radius 2 is 1.90 bits per heavy atom. The van der Waals surface area contributed by atoms with E-state index >= 15 is 0 Å². The predicted octanol–water partition coefficient (Wildman–Crippen LogP) is 1.16. The van der Waals surface area contributed by atoms with Crippen molar-refractivity contribution in [3.63, 3.8) is 0 Å². The van der Waals surface area contributed by atoms with E-state index in [1.54, 1.807) is 11.8 Å². The third kappa shape index (κ3) is 4.69. The molecule has 0 bridgehead atoms. The van der Waals surface area contributed by atoms with Crippen LogP contribution in [0.25, 0.3) is 0 Å². The van der Waals surface area contributed by atoms with E-state index in [-0.39, 0.29) is 23.5 Å². The van der Waals surface area contributed by atoms with Gasteiger partial charge in [0.2, 0.25) is 5.91 Å². The molecular formula is C14H25NO5S. The Bertz CT molecular complexity index is 488. The molecule has 1 aliphatic heterocycles. The number of carboxylic acids is 1. The summed E-state index contributed by atoms with van der Waals surface area (Å²) in [6.07, 6.45) is 2.13. The molecule has 0 aromatic heterocycles. The first kappa shape index (κ1) is 17.9. The molecule has 1 N–H and O–H groups in total. The van der Waals surface area contributed by atoms with Crippen molar-refractivity contribution in [3.05, 3.63) is 0 Å². The summed E-state index contributed by atoms with van der Waals surface area (Å²) in [6.45, 7) is 5.60. The number of unbranched alkanes of at least 4 members (excludes halogenated alkanes) is 1. The van der Waals surface area contributed by atoms with Crippen LogP contribution in [0.5, 0.6) is 0 Å². The van der Waals surface area contributed by atoms with Crippen LogP contribution in [0, 0.1) is 11.8 Å². The Balaban J connectivity index is 2.86. The summed E-state index contributed by atoms with van der Waals surface area (Å²) in [4.78, 5) is 25.2. The van der Waals surface area contributed by atoms with Crippen molar-refractivity contribution in [2.75, 3.05) is 18.1 Å². The molecule has 7 heteroatoms. The maximum absolute atomic E-state index is 12.6. The lowest BCUT2D eigenvalue weighted by molar-refractivity contribution is -0.150. The fourth-order valence-electron chi connectivity index (χ4n) is 2.51. The average Bonchev–Trinajstić information content (AvgIpc) is 2.77. The van der Waals surface area contributed by atoms with E-state index in [9.17, 15) is 18.0 Å². The minimum atomic E-state index is -3.07. The van der Waals surface area contributed by atoms with Gasteiger partial charge in [-0.3, -0.25) is 9.59 Å². The molecule has 1 aliphatic rings. The van der Waals surface area contributed by atoms with Gasteiger partial charge in [0.15, 0.2) is 9.84 Å². The minimum Gasteiger partial charge on any atom is -0.481 e. The monoisotopic (exact) mass is 319 g/mol. The molecule has 1 heterocycles. The van der Waals surface area contributed by atoms with Crippen LogP contribution in [0.1, 0.15) is 40.0 Å². The minimum absolute atomic E-state index is 0.00335. The first-order valence-electron chi connectivity index (χ1n) is 7.43. The van der Waals surface area contributed by atoms with E-state index < -0.39 is 27.6 Å². The number of aliphatic carboxylic acids is 1. The van der Waals surface area contributed by atoms with Crippen LogP contribution >= 0.6 is 0 Å². The van der Waals surface area contributed by atoms with Crippen molar-refractivity contribution < 1.29 is 23.1 Å². The molecule has 6 nitrogen and oxygen atoms in total. The molecular weight excluding hydrogens is 294 g/mol. The molecule has 3 unspecified atom stereocenters. The molecule has 0 spiro atoms. The zero-order chi connectivity index (χ0) is 16.2. The normalized spacial score (nSPS) is 23.5. The molecule has 1 rings (SSSR count). The van der Waals surface area contributed by atoms with Crippen LogP contribution in [0.15, 0.2) is 0 Å². The van der Waals surface area contributed by atoms with E-state index in [1.165, 1.54) is 6.92 Å². The first-order valence-corrected chi connectivity index (χ1v) is 9.25. The maximum Gasteiger partial charge on any atom is 0.307 e. The van der Waals surface area contributed by atoms with Crippen molar-refractivity contribution in [1.82, 2.24) is 4.90 Å². The summed E-state index contributed by atoms with van der Waals surface area (Å²) in [5.41, 5.74) is 0. The Morgan fingerprint density at radius 3 is 2.33 bits per heavy atom. The lowest BCUT2D eigenvalue weighted by atomic mass is 9.94. The average molecular weight is 319 g/mol. The largest absolute Gasteiger partial charge is 0.481 e. The van der Waals surface area contributed by atoms with Crippen LogP contribution in [0.2, 0.25) is 0 Å². The highest BCUT2D eigenvalue weighted by atomic mass is 32.2. The van der Waals surface area contributed by atoms with Crippen molar-refractivity contribution in [1.29, 1.82) is 0 Å². The van der Waals surface area contributed by atoms with Crippen LogP contribution in [0.3, 0.4) is 0 Å². The van der Waals surface area contributed by atoms with Gasteiger partial charge >= 0.3 is 5.97 Å². The van der Waals surface area contributed by atoms with Gasteiger partial charge in [0.25, 0.3) is 0 Å². The summed E-state index contributed by atoms with van der Waals surface area (Å²) in [5, 5.41) is 9.04. The smallest absolute Gasteiger partial charge is 0.307 e.